The van der Waals surface area contributed by atoms with Gasteiger partial charge < -0.3 is 9.84 Å². The van der Waals surface area contributed by atoms with Crippen LogP contribution in [0.5, 0.6) is 0 Å². The SMILES string of the molecule is CC(=O)N(CC(C(=O)O)N1CCCCC1)C(=O)OC(C)(C)C. The number of piperidine rings is 1. The first-order valence-electron chi connectivity index (χ1n) is 7.60. The average Bonchev–Trinajstić information content (AvgIpc) is 2.37. The third-order valence-electron chi connectivity index (χ3n) is 3.47. The van der Waals surface area contributed by atoms with Crippen molar-refractivity contribution in [2.45, 2.75) is 58.6 Å². The number of carboxylic acid groups (broad SMARTS) is 1. The minimum absolute atomic E-state index is 0.195. The number of carbonyl (C=O) groups excluding carboxylic acids is 2. The fourth-order valence-electron chi connectivity index (χ4n) is 2.40. The van der Waals surface area contributed by atoms with E-state index in [0.29, 0.717) is 13.1 Å². The van der Waals surface area contributed by atoms with Crippen LogP contribution in [0.1, 0.15) is 47.0 Å². The van der Waals surface area contributed by atoms with Crippen LogP contribution in [-0.2, 0) is 14.3 Å². The van der Waals surface area contributed by atoms with Crippen molar-refractivity contribution in [3.8, 4) is 0 Å². The van der Waals surface area contributed by atoms with Gasteiger partial charge in [-0.3, -0.25) is 14.5 Å². The highest BCUT2D eigenvalue weighted by molar-refractivity contribution is 5.91. The van der Waals surface area contributed by atoms with Crippen LogP contribution >= 0.6 is 0 Å². The second kappa shape index (κ2) is 7.58. The molecule has 0 bridgehead atoms. The summed E-state index contributed by atoms with van der Waals surface area (Å²) in [6.45, 7) is 7.46. The summed E-state index contributed by atoms with van der Waals surface area (Å²) in [5, 5.41) is 9.44. The minimum Gasteiger partial charge on any atom is -0.480 e. The first kappa shape index (κ1) is 18.4. The van der Waals surface area contributed by atoms with E-state index in [1.807, 2.05) is 4.90 Å². The molecule has 1 aliphatic rings. The molecule has 0 spiro atoms. The summed E-state index contributed by atoms with van der Waals surface area (Å²) in [5.74, 6) is -1.55. The molecule has 7 nitrogen and oxygen atoms in total. The van der Waals surface area contributed by atoms with Gasteiger partial charge in [-0.15, -0.1) is 0 Å². The van der Waals surface area contributed by atoms with E-state index < -0.39 is 29.6 Å². The second-order valence-corrected chi connectivity index (χ2v) is 6.56. The van der Waals surface area contributed by atoms with Crippen molar-refractivity contribution in [3.05, 3.63) is 0 Å². The van der Waals surface area contributed by atoms with Gasteiger partial charge in [-0.1, -0.05) is 6.42 Å². The lowest BCUT2D eigenvalue weighted by Crippen LogP contribution is -2.53. The van der Waals surface area contributed by atoms with E-state index >= 15 is 0 Å². The van der Waals surface area contributed by atoms with Gasteiger partial charge in [-0.05, 0) is 46.7 Å². The number of carbonyl (C=O) groups is 3. The van der Waals surface area contributed by atoms with E-state index in [9.17, 15) is 19.5 Å². The van der Waals surface area contributed by atoms with Crippen LogP contribution in [0.4, 0.5) is 4.79 Å². The maximum atomic E-state index is 12.1. The molecular formula is C15H26N2O5. The molecular weight excluding hydrogens is 288 g/mol. The summed E-state index contributed by atoms with van der Waals surface area (Å²) in [5.41, 5.74) is -0.741. The maximum Gasteiger partial charge on any atom is 0.417 e. The molecule has 1 heterocycles. The molecule has 2 amide bonds. The third-order valence-corrected chi connectivity index (χ3v) is 3.47. The normalized spacial score (nSPS) is 17.6. The fourth-order valence-corrected chi connectivity index (χ4v) is 2.40. The average molecular weight is 314 g/mol. The van der Waals surface area contributed by atoms with Crippen molar-refractivity contribution in [3.63, 3.8) is 0 Å². The molecule has 0 radical (unpaired) electrons. The van der Waals surface area contributed by atoms with Gasteiger partial charge in [-0.2, -0.15) is 0 Å². The molecule has 7 heteroatoms. The van der Waals surface area contributed by atoms with Crippen molar-refractivity contribution >= 4 is 18.0 Å². The molecule has 1 rings (SSSR count). The number of imide groups is 1. The van der Waals surface area contributed by atoms with Crippen LogP contribution in [0, 0.1) is 0 Å². The van der Waals surface area contributed by atoms with Crippen LogP contribution in [0.15, 0.2) is 0 Å². The number of nitrogens with zero attached hydrogens (tertiary/aromatic N) is 2. The predicted molar refractivity (Wildman–Crippen MR) is 80.5 cm³/mol. The zero-order valence-corrected chi connectivity index (χ0v) is 13.8. The molecule has 1 N–H and O–H groups in total. The van der Waals surface area contributed by atoms with Gasteiger partial charge in [0.15, 0.2) is 0 Å². The molecule has 1 atom stereocenters. The number of amides is 2. The molecule has 126 valence electrons. The summed E-state index contributed by atoms with van der Waals surface area (Å²) in [7, 11) is 0. The fraction of sp³-hybridized carbons (Fsp3) is 0.800. The van der Waals surface area contributed by atoms with Gasteiger partial charge in [0.25, 0.3) is 0 Å². The van der Waals surface area contributed by atoms with Crippen LogP contribution < -0.4 is 0 Å². The van der Waals surface area contributed by atoms with Crippen LogP contribution in [0.2, 0.25) is 0 Å². The zero-order chi connectivity index (χ0) is 16.9. The quantitative estimate of drug-likeness (QED) is 0.850. The van der Waals surface area contributed by atoms with Gasteiger partial charge in [-0.25, -0.2) is 9.69 Å². The summed E-state index contributed by atoms with van der Waals surface area (Å²) in [4.78, 5) is 38.1. The Hall–Kier alpha value is -1.63. The Balaban J connectivity index is 2.83. The summed E-state index contributed by atoms with van der Waals surface area (Å²) < 4.78 is 5.18. The van der Waals surface area contributed by atoms with Gasteiger partial charge >= 0.3 is 12.1 Å². The predicted octanol–water partition coefficient (Wildman–Crippen LogP) is 1.71. The molecule has 1 aliphatic heterocycles. The van der Waals surface area contributed by atoms with E-state index in [1.165, 1.54) is 6.92 Å². The lowest BCUT2D eigenvalue weighted by atomic mass is 10.1. The smallest absolute Gasteiger partial charge is 0.417 e. The zero-order valence-electron chi connectivity index (χ0n) is 13.8. The molecule has 22 heavy (non-hydrogen) atoms. The lowest BCUT2D eigenvalue weighted by Gasteiger charge is -2.34. The number of likely N-dealkylation sites (tertiary alicyclic amines) is 1. The Labute approximate surface area is 131 Å². The van der Waals surface area contributed by atoms with Crippen molar-refractivity contribution in [1.29, 1.82) is 0 Å². The van der Waals surface area contributed by atoms with Crippen molar-refractivity contribution in [2.24, 2.45) is 0 Å². The standard InChI is InChI=1S/C15H26N2O5/c1-11(18)17(14(21)22-15(2,3)4)10-12(13(19)20)16-8-6-5-7-9-16/h12H,5-10H2,1-4H3,(H,19,20). The minimum atomic E-state index is -1.03. The number of ether oxygens (including phenoxy) is 1. The summed E-state index contributed by atoms with van der Waals surface area (Å²) in [6, 6.07) is -0.892. The molecule has 0 aliphatic carbocycles. The van der Waals surface area contributed by atoms with Crippen LogP contribution in [0.3, 0.4) is 0 Å². The molecule has 0 aromatic rings. The maximum absolute atomic E-state index is 12.1. The van der Waals surface area contributed by atoms with Gasteiger partial charge in [0.1, 0.15) is 11.6 Å². The Morgan fingerprint density at radius 2 is 1.73 bits per heavy atom. The third kappa shape index (κ3) is 5.63. The van der Waals surface area contributed by atoms with E-state index in [4.69, 9.17) is 4.74 Å². The highest BCUT2D eigenvalue weighted by atomic mass is 16.6. The summed E-state index contributed by atoms with van der Waals surface area (Å²) >= 11 is 0. The molecule has 1 fully saturated rings. The molecule has 0 aromatic carbocycles. The largest absolute Gasteiger partial charge is 0.480 e. The molecule has 1 saturated heterocycles. The number of rotatable bonds is 4. The van der Waals surface area contributed by atoms with Crippen molar-refractivity contribution in [1.82, 2.24) is 9.80 Å². The van der Waals surface area contributed by atoms with Crippen LogP contribution in [0.25, 0.3) is 0 Å². The van der Waals surface area contributed by atoms with Gasteiger partial charge in [0, 0.05) is 6.92 Å². The topological polar surface area (TPSA) is 87.2 Å². The number of hydrogen-bond donors (Lipinski definition) is 1. The lowest BCUT2D eigenvalue weighted by molar-refractivity contribution is -0.145. The number of hydrogen-bond acceptors (Lipinski definition) is 5. The Morgan fingerprint density at radius 1 is 1.18 bits per heavy atom. The number of aliphatic carboxylic acids is 1. The highest BCUT2D eigenvalue weighted by Gasteiger charge is 2.34. The van der Waals surface area contributed by atoms with E-state index in [-0.39, 0.29) is 6.54 Å². The highest BCUT2D eigenvalue weighted by Crippen LogP contribution is 2.16. The van der Waals surface area contributed by atoms with Crippen LogP contribution in [-0.4, -0.2) is 64.2 Å². The van der Waals surface area contributed by atoms with E-state index in [1.54, 1.807) is 20.8 Å². The van der Waals surface area contributed by atoms with Gasteiger partial charge in [0.05, 0.1) is 6.54 Å². The van der Waals surface area contributed by atoms with E-state index in [2.05, 4.69) is 0 Å². The Bertz CT molecular complexity index is 424. The van der Waals surface area contributed by atoms with Gasteiger partial charge in [0.2, 0.25) is 5.91 Å². The summed E-state index contributed by atoms with van der Waals surface area (Å²) in [6.07, 6.45) is 2.13. The van der Waals surface area contributed by atoms with Crippen molar-refractivity contribution in [2.75, 3.05) is 19.6 Å². The monoisotopic (exact) mass is 314 g/mol. The first-order chi connectivity index (χ1) is 10.1. The molecule has 0 saturated carbocycles. The number of carboxylic acids is 1. The van der Waals surface area contributed by atoms with E-state index in [0.717, 1.165) is 24.2 Å². The first-order valence-corrected chi connectivity index (χ1v) is 7.60. The Kier molecular flexibility index (Phi) is 6.34. The second-order valence-electron chi connectivity index (χ2n) is 6.56. The molecule has 1 unspecified atom stereocenters. The molecule has 0 aromatic heterocycles. The Morgan fingerprint density at radius 3 is 2.14 bits per heavy atom. The van der Waals surface area contributed by atoms with Crippen molar-refractivity contribution < 1.29 is 24.2 Å².